The zero-order chi connectivity index (χ0) is 15.5. The van der Waals surface area contributed by atoms with Gasteiger partial charge >= 0.3 is 0 Å². The van der Waals surface area contributed by atoms with Crippen molar-refractivity contribution in [3.05, 3.63) is 23.9 Å². The highest BCUT2D eigenvalue weighted by Crippen LogP contribution is 2.05. The summed E-state index contributed by atoms with van der Waals surface area (Å²) < 4.78 is 5.46. The van der Waals surface area contributed by atoms with Crippen molar-refractivity contribution in [2.45, 2.75) is 33.6 Å². The Hall–Kier alpha value is -1.62. The lowest BCUT2D eigenvalue weighted by Gasteiger charge is -2.08. The number of aromatic nitrogens is 1. The zero-order valence-corrected chi connectivity index (χ0v) is 13.3. The predicted molar refractivity (Wildman–Crippen MR) is 85.6 cm³/mol. The van der Waals surface area contributed by atoms with Crippen molar-refractivity contribution < 1.29 is 9.53 Å². The Bertz CT molecular complexity index is 404. The van der Waals surface area contributed by atoms with Crippen LogP contribution >= 0.6 is 0 Å². The van der Waals surface area contributed by atoms with Gasteiger partial charge in [-0.15, -0.1) is 0 Å². The molecule has 1 amide bonds. The van der Waals surface area contributed by atoms with E-state index in [0.29, 0.717) is 24.6 Å². The van der Waals surface area contributed by atoms with Crippen molar-refractivity contribution >= 4 is 11.7 Å². The number of anilines is 1. The van der Waals surface area contributed by atoms with Crippen LogP contribution in [0.4, 0.5) is 5.82 Å². The first kappa shape index (κ1) is 17.4. The van der Waals surface area contributed by atoms with Crippen LogP contribution in [0.5, 0.6) is 0 Å². The fraction of sp³-hybridized carbons (Fsp3) is 0.625. The highest BCUT2D eigenvalue weighted by atomic mass is 16.5. The van der Waals surface area contributed by atoms with Crippen molar-refractivity contribution in [3.8, 4) is 0 Å². The molecule has 0 saturated heterocycles. The summed E-state index contributed by atoms with van der Waals surface area (Å²) in [5.74, 6) is 1.26. The van der Waals surface area contributed by atoms with Crippen LogP contribution in [0.15, 0.2) is 18.3 Å². The summed E-state index contributed by atoms with van der Waals surface area (Å²) in [4.78, 5) is 16.1. The molecule has 5 nitrogen and oxygen atoms in total. The molecule has 0 unspecified atom stereocenters. The molecule has 118 valence electrons. The van der Waals surface area contributed by atoms with E-state index in [4.69, 9.17) is 4.74 Å². The van der Waals surface area contributed by atoms with Gasteiger partial charge in [0.1, 0.15) is 5.82 Å². The Morgan fingerprint density at radius 1 is 1.33 bits per heavy atom. The lowest BCUT2D eigenvalue weighted by Crippen LogP contribution is -2.25. The highest BCUT2D eigenvalue weighted by Gasteiger charge is 2.05. The maximum Gasteiger partial charge on any atom is 0.252 e. The predicted octanol–water partition coefficient (Wildman–Crippen LogP) is 2.70. The first-order chi connectivity index (χ1) is 10.1. The average molecular weight is 293 g/mol. The smallest absolute Gasteiger partial charge is 0.252 e. The number of ether oxygens (including phenoxy) is 1. The van der Waals surface area contributed by atoms with E-state index in [-0.39, 0.29) is 5.91 Å². The molecule has 0 aliphatic heterocycles. The Morgan fingerprint density at radius 3 is 2.76 bits per heavy atom. The number of rotatable bonds is 10. The first-order valence-corrected chi connectivity index (χ1v) is 7.69. The van der Waals surface area contributed by atoms with Gasteiger partial charge in [0.25, 0.3) is 5.91 Å². The van der Waals surface area contributed by atoms with Crippen molar-refractivity contribution in [2.24, 2.45) is 5.92 Å². The minimum Gasteiger partial charge on any atom is -0.381 e. The summed E-state index contributed by atoms with van der Waals surface area (Å²) in [6, 6.07) is 3.62. The second-order valence-electron chi connectivity index (χ2n) is 5.44. The molecule has 0 bridgehead atoms. The summed E-state index contributed by atoms with van der Waals surface area (Å²) in [5.41, 5.74) is 0.583. The monoisotopic (exact) mass is 293 g/mol. The minimum absolute atomic E-state index is 0.0894. The SMILES string of the molecule is CCCNc1ccc(C(=O)NCCCOCC(C)C)cn1. The van der Waals surface area contributed by atoms with Crippen LogP contribution in [0.2, 0.25) is 0 Å². The van der Waals surface area contributed by atoms with Gasteiger partial charge in [-0.3, -0.25) is 4.79 Å². The topological polar surface area (TPSA) is 63.2 Å². The molecule has 0 radical (unpaired) electrons. The average Bonchev–Trinajstić information content (AvgIpc) is 2.48. The van der Waals surface area contributed by atoms with Gasteiger partial charge in [0.15, 0.2) is 0 Å². The van der Waals surface area contributed by atoms with Gasteiger partial charge in [-0.1, -0.05) is 20.8 Å². The molecule has 0 aromatic carbocycles. The Morgan fingerprint density at radius 2 is 2.14 bits per heavy atom. The lowest BCUT2D eigenvalue weighted by molar-refractivity contribution is 0.0924. The minimum atomic E-state index is -0.0894. The van der Waals surface area contributed by atoms with Crippen molar-refractivity contribution in [3.63, 3.8) is 0 Å². The van der Waals surface area contributed by atoms with Crippen LogP contribution in [0.1, 0.15) is 44.0 Å². The van der Waals surface area contributed by atoms with Crippen molar-refractivity contribution in [2.75, 3.05) is 31.6 Å². The van der Waals surface area contributed by atoms with Crippen LogP contribution in [-0.4, -0.2) is 37.2 Å². The number of carbonyl (C=O) groups is 1. The molecule has 21 heavy (non-hydrogen) atoms. The maximum atomic E-state index is 11.9. The number of hydrogen-bond acceptors (Lipinski definition) is 4. The highest BCUT2D eigenvalue weighted by molar-refractivity contribution is 5.93. The van der Waals surface area contributed by atoms with Gasteiger partial charge in [-0.05, 0) is 30.9 Å². The van der Waals surface area contributed by atoms with Gasteiger partial charge in [0.05, 0.1) is 5.56 Å². The summed E-state index contributed by atoms with van der Waals surface area (Å²) in [6.07, 6.45) is 3.47. The fourth-order valence-corrected chi connectivity index (χ4v) is 1.68. The number of nitrogens with zero attached hydrogens (tertiary/aromatic N) is 1. The van der Waals surface area contributed by atoms with Crippen LogP contribution < -0.4 is 10.6 Å². The number of hydrogen-bond donors (Lipinski definition) is 2. The summed E-state index contributed by atoms with van der Waals surface area (Å²) in [7, 11) is 0. The first-order valence-electron chi connectivity index (χ1n) is 7.69. The molecule has 0 aliphatic rings. The van der Waals surface area contributed by atoms with Crippen LogP contribution in [0.25, 0.3) is 0 Å². The van der Waals surface area contributed by atoms with Gasteiger partial charge in [-0.25, -0.2) is 4.98 Å². The quantitative estimate of drug-likeness (QED) is 0.651. The molecule has 1 rings (SSSR count). The molecule has 0 atom stereocenters. The fourth-order valence-electron chi connectivity index (χ4n) is 1.68. The summed E-state index contributed by atoms with van der Waals surface area (Å²) in [5, 5.41) is 6.05. The van der Waals surface area contributed by atoms with E-state index in [1.165, 1.54) is 0 Å². The molecule has 1 aromatic heterocycles. The third kappa shape index (κ3) is 7.66. The Balaban J connectivity index is 2.22. The van der Waals surface area contributed by atoms with E-state index in [1.807, 2.05) is 6.07 Å². The van der Waals surface area contributed by atoms with E-state index in [0.717, 1.165) is 31.8 Å². The molecule has 0 fully saturated rings. The Labute approximate surface area is 127 Å². The molecule has 5 heteroatoms. The van der Waals surface area contributed by atoms with Gasteiger partial charge in [0, 0.05) is 32.5 Å². The molecular weight excluding hydrogens is 266 g/mol. The molecule has 0 aliphatic carbocycles. The normalized spacial score (nSPS) is 10.7. The third-order valence-electron chi connectivity index (χ3n) is 2.78. The largest absolute Gasteiger partial charge is 0.381 e. The van der Waals surface area contributed by atoms with E-state index < -0.39 is 0 Å². The molecule has 1 heterocycles. The van der Waals surface area contributed by atoms with Gasteiger partial charge in [0.2, 0.25) is 0 Å². The second kappa shape index (κ2) is 10.2. The lowest BCUT2D eigenvalue weighted by atomic mass is 10.2. The second-order valence-corrected chi connectivity index (χ2v) is 5.44. The maximum absolute atomic E-state index is 11.9. The number of amides is 1. The zero-order valence-electron chi connectivity index (χ0n) is 13.3. The van der Waals surface area contributed by atoms with E-state index in [1.54, 1.807) is 12.3 Å². The molecule has 0 saturated carbocycles. The van der Waals surface area contributed by atoms with Crippen molar-refractivity contribution in [1.82, 2.24) is 10.3 Å². The summed E-state index contributed by atoms with van der Waals surface area (Å²) in [6.45, 7) is 9.28. The van der Waals surface area contributed by atoms with Crippen molar-refractivity contribution in [1.29, 1.82) is 0 Å². The van der Waals surface area contributed by atoms with E-state index in [2.05, 4.69) is 36.4 Å². The van der Waals surface area contributed by atoms with E-state index in [9.17, 15) is 4.79 Å². The number of pyridine rings is 1. The third-order valence-corrected chi connectivity index (χ3v) is 2.78. The van der Waals surface area contributed by atoms with Crippen LogP contribution in [-0.2, 0) is 4.74 Å². The standard InChI is InChI=1S/C16H27N3O2/c1-4-8-17-15-7-6-14(11-19-15)16(20)18-9-5-10-21-12-13(2)3/h6-7,11,13H,4-5,8-10,12H2,1-3H3,(H,17,19)(H,18,20). The van der Waals surface area contributed by atoms with E-state index >= 15 is 0 Å². The molecular formula is C16H27N3O2. The number of carbonyl (C=O) groups excluding carboxylic acids is 1. The van der Waals surface area contributed by atoms with Crippen LogP contribution in [0.3, 0.4) is 0 Å². The molecule has 0 spiro atoms. The van der Waals surface area contributed by atoms with Gasteiger partial charge < -0.3 is 15.4 Å². The Kier molecular flexibility index (Phi) is 8.43. The number of nitrogens with one attached hydrogen (secondary N) is 2. The van der Waals surface area contributed by atoms with Crippen LogP contribution in [0, 0.1) is 5.92 Å². The summed E-state index contributed by atoms with van der Waals surface area (Å²) >= 11 is 0. The molecule has 1 aromatic rings. The van der Waals surface area contributed by atoms with Gasteiger partial charge in [-0.2, -0.15) is 0 Å². The molecule has 2 N–H and O–H groups in total.